The Morgan fingerprint density at radius 2 is 2.04 bits per heavy atom. The predicted molar refractivity (Wildman–Crippen MR) is 99.0 cm³/mol. The van der Waals surface area contributed by atoms with Gasteiger partial charge in [-0.2, -0.15) is 0 Å². The van der Waals surface area contributed by atoms with E-state index in [-0.39, 0.29) is 41.1 Å². The number of anilines is 1. The van der Waals surface area contributed by atoms with Crippen molar-refractivity contribution in [3.8, 4) is 0 Å². The minimum atomic E-state index is -0.0297. The van der Waals surface area contributed by atoms with Gasteiger partial charge in [0, 0.05) is 28.5 Å². The number of hydrogen-bond donors (Lipinski definition) is 1. The molecule has 26 heavy (non-hydrogen) atoms. The maximum Gasteiger partial charge on any atom is 0.309 e. The summed E-state index contributed by atoms with van der Waals surface area (Å²) in [5.41, 5.74) is 1.25. The molecule has 5 rings (SSSR count). The molecule has 1 amide bonds. The summed E-state index contributed by atoms with van der Waals surface area (Å²) in [5, 5.41) is 3.76. The molecule has 6 atom stereocenters. The van der Waals surface area contributed by atoms with Crippen LogP contribution in [0.25, 0.3) is 0 Å². The average Bonchev–Trinajstić information content (AvgIpc) is 3.30. The van der Waals surface area contributed by atoms with Gasteiger partial charge in [0.1, 0.15) is 6.10 Å². The molecule has 5 nitrogen and oxygen atoms in total. The Kier molecular flexibility index (Phi) is 3.56. The van der Waals surface area contributed by atoms with E-state index in [0.717, 1.165) is 42.9 Å². The lowest BCUT2D eigenvalue weighted by Crippen LogP contribution is -2.50. The zero-order chi connectivity index (χ0) is 18.2. The second-order valence-electron chi connectivity index (χ2n) is 9.13. The van der Waals surface area contributed by atoms with E-state index in [4.69, 9.17) is 9.72 Å². The molecule has 1 saturated heterocycles. The number of rotatable bonds is 2. The van der Waals surface area contributed by atoms with Crippen molar-refractivity contribution >= 4 is 28.3 Å². The second-order valence-corrected chi connectivity index (χ2v) is 10.2. The van der Waals surface area contributed by atoms with Gasteiger partial charge >= 0.3 is 5.97 Å². The van der Waals surface area contributed by atoms with E-state index >= 15 is 0 Å². The Hall–Kier alpha value is -1.43. The number of carbonyl (C=O) groups is 2. The first-order valence-corrected chi connectivity index (χ1v) is 10.7. The summed E-state index contributed by atoms with van der Waals surface area (Å²) in [6.07, 6.45) is 5.19. The van der Waals surface area contributed by atoms with Gasteiger partial charge in [-0.05, 0) is 37.5 Å². The number of aromatic nitrogens is 1. The van der Waals surface area contributed by atoms with Gasteiger partial charge in [0.25, 0.3) is 0 Å². The van der Waals surface area contributed by atoms with Crippen LogP contribution in [0.5, 0.6) is 0 Å². The number of ether oxygens (including phenoxy) is 1. The summed E-state index contributed by atoms with van der Waals surface area (Å²) >= 11 is 1.64. The van der Waals surface area contributed by atoms with Gasteiger partial charge in [-0.25, -0.2) is 4.98 Å². The van der Waals surface area contributed by atoms with Crippen molar-refractivity contribution < 1.29 is 14.3 Å². The fraction of sp³-hybridized carbons (Fsp3) is 0.750. The van der Waals surface area contributed by atoms with Crippen molar-refractivity contribution in [2.24, 2.45) is 29.1 Å². The van der Waals surface area contributed by atoms with Crippen LogP contribution in [0.4, 0.5) is 5.13 Å². The lowest BCUT2D eigenvalue weighted by atomic mass is 9.54. The molecule has 1 aromatic heterocycles. The van der Waals surface area contributed by atoms with Crippen molar-refractivity contribution in [1.29, 1.82) is 0 Å². The van der Waals surface area contributed by atoms with Crippen LogP contribution in [-0.4, -0.2) is 23.0 Å². The maximum absolute atomic E-state index is 12.2. The normalized spacial score (nSPS) is 41.0. The van der Waals surface area contributed by atoms with Crippen molar-refractivity contribution in [3.05, 3.63) is 10.6 Å². The first kappa shape index (κ1) is 16.7. The maximum atomic E-state index is 12.2. The summed E-state index contributed by atoms with van der Waals surface area (Å²) in [6, 6.07) is 0. The number of carbonyl (C=O) groups excluding carboxylic acids is 2. The standard InChI is InChI=1S/C20H26N2O3S/c1-9-12-6-7-20(3)8-13-15(10(2)14(20)16(12)25-18(9)24)21-19(26-13)22-17(23)11-4-5-11/h9-12,14,16H,4-8H2,1-3H3,(H,21,22,23)/t9-,10-,12-,14+,16-,20-/m0/s1. The van der Waals surface area contributed by atoms with Crippen LogP contribution in [0.1, 0.15) is 62.9 Å². The molecule has 0 spiro atoms. The number of nitrogens with one attached hydrogen (secondary N) is 1. The molecule has 4 aliphatic rings. The Labute approximate surface area is 157 Å². The first-order valence-electron chi connectivity index (χ1n) is 9.88. The molecule has 3 fully saturated rings. The molecule has 0 radical (unpaired) electrons. The molecule has 140 valence electrons. The highest BCUT2D eigenvalue weighted by atomic mass is 32.1. The molecule has 2 heterocycles. The van der Waals surface area contributed by atoms with Crippen molar-refractivity contribution in [3.63, 3.8) is 0 Å². The largest absolute Gasteiger partial charge is 0.461 e. The summed E-state index contributed by atoms with van der Waals surface area (Å²) in [5.74, 6) is 1.20. The molecular weight excluding hydrogens is 348 g/mol. The van der Waals surface area contributed by atoms with E-state index in [0.29, 0.717) is 11.8 Å². The average molecular weight is 375 g/mol. The fourth-order valence-corrected chi connectivity index (χ4v) is 6.95. The van der Waals surface area contributed by atoms with E-state index < -0.39 is 0 Å². The minimum Gasteiger partial charge on any atom is -0.461 e. The molecular formula is C20H26N2O3S. The van der Waals surface area contributed by atoms with Gasteiger partial charge in [0.15, 0.2) is 5.13 Å². The summed E-state index contributed by atoms with van der Waals surface area (Å²) < 4.78 is 5.88. The van der Waals surface area contributed by atoms with Gasteiger partial charge < -0.3 is 10.1 Å². The van der Waals surface area contributed by atoms with Crippen LogP contribution in [0.15, 0.2) is 0 Å². The molecule has 1 N–H and O–H groups in total. The third-order valence-corrected chi connectivity index (χ3v) is 8.32. The predicted octanol–water partition coefficient (Wildman–Crippen LogP) is 3.75. The van der Waals surface area contributed by atoms with Gasteiger partial charge in [-0.1, -0.05) is 20.8 Å². The quantitative estimate of drug-likeness (QED) is 0.801. The lowest BCUT2D eigenvalue weighted by molar-refractivity contribution is -0.149. The third-order valence-electron chi connectivity index (χ3n) is 7.34. The molecule has 0 aromatic carbocycles. The SMILES string of the molecule is C[C@@H]1C(=O)O[C@H]2[C@H]1CC[C@@]1(C)Cc3sc(NC(=O)C4CC4)nc3[C@@H](C)[C@H]21. The molecule has 0 bridgehead atoms. The summed E-state index contributed by atoms with van der Waals surface area (Å²) in [7, 11) is 0. The number of amides is 1. The minimum absolute atomic E-state index is 0.0157. The van der Waals surface area contributed by atoms with Crippen molar-refractivity contribution in [2.45, 2.75) is 64.9 Å². The van der Waals surface area contributed by atoms with Crippen LogP contribution in [0.3, 0.4) is 0 Å². The van der Waals surface area contributed by atoms with Crippen LogP contribution >= 0.6 is 11.3 Å². The van der Waals surface area contributed by atoms with Crippen LogP contribution in [0, 0.1) is 29.1 Å². The summed E-state index contributed by atoms with van der Waals surface area (Å²) in [4.78, 5) is 30.4. The number of esters is 1. The highest BCUT2D eigenvalue weighted by molar-refractivity contribution is 7.15. The van der Waals surface area contributed by atoms with E-state index in [2.05, 4.69) is 19.2 Å². The Morgan fingerprint density at radius 1 is 1.27 bits per heavy atom. The van der Waals surface area contributed by atoms with Gasteiger partial charge in [0.05, 0.1) is 11.6 Å². The van der Waals surface area contributed by atoms with E-state index in [1.165, 1.54) is 4.88 Å². The number of thiazole rings is 1. The molecule has 1 aromatic rings. The summed E-state index contributed by atoms with van der Waals surface area (Å²) in [6.45, 7) is 6.60. The van der Waals surface area contributed by atoms with Gasteiger partial charge in [-0.15, -0.1) is 11.3 Å². The molecule has 0 unspecified atom stereocenters. The molecule has 6 heteroatoms. The fourth-order valence-electron chi connectivity index (χ4n) is 5.69. The van der Waals surface area contributed by atoms with Crippen LogP contribution in [-0.2, 0) is 20.7 Å². The monoisotopic (exact) mass is 374 g/mol. The van der Waals surface area contributed by atoms with E-state index in [1.807, 2.05) is 6.92 Å². The topological polar surface area (TPSA) is 68.3 Å². The smallest absolute Gasteiger partial charge is 0.309 e. The van der Waals surface area contributed by atoms with E-state index in [9.17, 15) is 9.59 Å². The number of hydrogen-bond acceptors (Lipinski definition) is 5. The van der Waals surface area contributed by atoms with Crippen molar-refractivity contribution in [1.82, 2.24) is 4.98 Å². The zero-order valence-electron chi connectivity index (χ0n) is 15.6. The highest BCUT2D eigenvalue weighted by Crippen LogP contribution is 2.59. The lowest BCUT2D eigenvalue weighted by Gasteiger charge is -2.51. The highest BCUT2D eigenvalue weighted by Gasteiger charge is 2.58. The molecule has 1 aliphatic heterocycles. The van der Waals surface area contributed by atoms with Gasteiger partial charge in [-0.3, -0.25) is 9.59 Å². The number of nitrogens with zero attached hydrogens (tertiary/aromatic N) is 1. The Bertz CT molecular complexity index is 786. The first-order chi connectivity index (χ1) is 12.4. The second kappa shape index (κ2) is 5.54. The van der Waals surface area contributed by atoms with E-state index in [1.54, 1.807) is 11.3 Å². The van der Waals surface area contributed by atoms with Crippen LogP contribution < -0.4 is 5.32 Å². The van der Waals surface area contributed by atoms with Crippen LogP contribution in [0.2, 0.25) is 0 Å². The number of fused-ring (bicyclic) bond motifs is 4. The molecule has 2 saturated carbocycles. The Morgan fingerprint density at radius 3 is 2.77 bits per heavy atom. The van der Waals surface area contributed by atoms with Crippen molar-refractivity contribution in [2.75, 3.05) is 5.32 Å². The van der Waals surface area contributed by atoms with Gasteiger partial charge in [0.2, 0.25) is 5.91 Å². The third kappa shape index (κ3) is 2.37. The zero-order valence-corrected chi connectivity index (χ0v) is 16.4. The molecule has 3 aliphatic carbocycles. The Balaban J connectivity index is 1.46.